The maximum Gasteiger partial charge on any atom is 0.272 e. The summed E-state index contributed by atoms with van der Waals surface area (Å²) in [6.07, 6.45) is 1.87. The van der Waals surface area contributed by atoms with Crippen LogP contribution in [-0.2, 0) is 6.42 Å². The molecule has 160 valence electrons. The highest BCUT2D eigenvalue weighted by molar-refractivity contribution is 6.01. The van der Waals surface area contributed by atoms with Crippen molar-refractivity contribution in [1.82, 2.24) is 10.4 Å². The van der Waals surface area contributed by atoms with Crippen molar-refractivity contribution >= 4 is 18.0 Å². The van der Waals surface area contributed by atoms with Gasteiger partial charge in [0.1, 0.15) is 5.75 Å². The number of hydrogen-bond donors (Lipinski definition) is 2. The Morgan fingerprint density at radius 3 is 2.50 bits per heavy atom. The molecule has 0 unspecified atom stereocenters. The summed E-state index contributed by atoms with van der Waals surface area (Å²) >= 11 is 0. The molecule has 2 N–H and O–H groups in total. The van der Waals surface area contributed by atoms with Crippen LogP contribution < -0.4 is 10.2 Å². The average molecular weight is 412 g/mol. The number of rotatable bonds is 5. The van der Waals surface area contributed by atoms with Gasteiger partial charge in [0.05, 0.1) is 18.9 Å². The number of oxime groups is 1. The molecule has 2 aromatic rings. The summed E-state index contributed by atoms with van der Waals surface area (Å²) in [4.78, 5) is 26.4. The highest BCUT2D eigenvalue weighted by Crippen LogP contribution is 2.24. The van der Waals surface area contributed by atoms with Gasteiger partial charge in [-0.25, -0.2) is 5.01 Å². The zero-order chi connectivity index (χ0) is 22.5. The number of hydrazine groups is 1. The van der Waals surface area contributed by atoms with Gasteiger partial charge in [0.2, 0.25) is 0 Å². The number of nitrogens with one attached hydrogen (secondary N) is 1. The first-order chi connectivity index (χ1) is 14.1. The molecule has 0 atom stereocenters. The highest BCUT2D eigenvalue weighted by Gasteiger charge is 2.30. The fourth-order valence-electron chi connectivity index (χ4n) is 3.23. The summed E-state index contributed by atoms with van der Waals surface area (Å²) < 4.78 is 5.37. The third-order valence-electron chi connectivity index (χ3n) is 4.59. The fourth-order valence-corrected chi connectivity index (χ4v) is 3.23. The Hall–Kier alpha value is -3.35. The molecule has 0 bridgehead atoms. The van der Waals surface area contributed by atoms with Crippen LogP contribution in [0.15, 0.2) is 41.6 Å². The number of carbonyl (C=O) groups excluding carboxylic acids is 2. The Kier molecular flexibility index (Phi) is 7.21. The Morgan fingerprint density at radius 1 is 1.23 bits per heavy atom. The third-order valence-corrected chi connectivity index (χ3v) is 4.59. The van der Waals surface area contributed by atoms with Crippen LogP contribution in [0.5, 0.6) is 5.75 Å². The van der Waals surface area contributed by atoms with Gasteiger partial charge in [-0.05, 0) is 69.5 Å². The molecule has 0 saturated heterocycles. The molecule has 0 heterocycles. The zero-order valence-electron chi connectivity index (χ0n) is 18.3. The molecule has 2 rings (SSSR count). The number of hydrogen-bond acceptors (Lipinski definition) is 5. The van der Waals surface area contributed by atoms with Gasteiger partial charge in [-0.15, -0.1) is 0 Å². The molecule has 0 aliphatic heterocycles. The van der Waals surface area contributed by atoms with Crippen LogP contribution in [-0.4, -0.2) is 40.9 Å². The van der Waals surface area contributed by atoms with E-state index in [2.05, 4.69) is 10.6 Å². The third kappa shape index (κ3) is 5.17. The summed E-state index contributed by atoms with van der Waals surface area (Å²) in [7, 11) is 1.56. The lowest BCUT2D eigenvalue weighted by atomic mass is 10.0. The molecule has 0 aliphatic rings. The van der Waals surface area contributed by atoms with E-state index in [1.54, 1.807) is 43.5 Å². The number of methoxy groups -OCH3 is 1. The van der Waals surface area contributed by atoms with Gasteiger partial charge < -0.3 is 9.94 Å². The Balaban J connectivity index is 2.43. The van der Waals surface area contributed by atoms with Crippen molar-refractivity contribution in [3.8, 4) is 5.75 Å². The van der Waals surface area contributed by atoms with E-state index in [1.807, 2.05) is 34.6 Å². The first-order valence-electron chi connectivity index (χ1n) is 9.73. The minimum Gasteiger partial charge on any atom is -0.496 e. The molecular formula is C23H29N3O4. The van der Waals surface area contributed by atoms with Crippen LogP contribution in [0.1, 0.15) is 65.1 Å². The van der Waals surface area contributed by atoms with E-state index in [0.29, 0.717) is 28.9 Å². The van der Waals surface area contributed by atoms with Gasteiger partial charge in [0.25, 0.3) is 11.8 Å². The van der Waals surface area contributed by atoms with Crippen molar-refractivity contribution in [2.24, 2.45) is 5.16 Å². The fraction of sp³-hybridized carbons (Fsp3) is 0.348. The number of carbonyl (C=O) groups is 2. The van der Waals surface area contributed by atoms with E-state index in [0.717, 1.165) is 11.1 Å². The molecule has 0 spiro atoms. The van der Waals surface area contributed by atoms with E-state index in [4.69, 9.17) is 9.94 Å². The average Bonchev–Trinajstić information content (AvgIpc) is 2.69. The molecular weight excluding hydrogens is 382 g/mol. The topological polar surface area (TPSA) is 91.2 Å². The van der Waals surface area contributed by atoms with E-state index >= 15 is 0 Å². The Morgan fingerprint density at radius 2 is 1.93 bits per heavy atom. The monoisotopic (exact) mass is 411 g/mol. The van der Waals surface area contributed by atoms with Gasteiger partial charge in [-0.1, -0.05) is 24.2 Å². The lowest BCUT2D eigenvalue weighted by Gasteiger charge is -2.35. The maximum atomic E-state index is 13.3. The van der Waals surface area contributed by atoms with Crippen molar-refractivity contribution in [3.63, 3.8) is 0 Å². The molecule has 0 fully saturated rings. The van der Waals surface area contributed by atoms with Gasteiger partial charge >= 0.3 is 0 Å². The SMILES string of the molecule is CCc1c(OC)cccc1C(=O)NN(C(=O)c1cc(C)cc(C=NO)c1)C(C)(C)C. The van der Waals surface area contributed by atoms with Crippen molar-refractivity contribution in [2.75, 3.05) is 7.11 Å². The number of nitrogens with zero attached hydrogens (tertiary/aromatic N) is 2. The molecule has 0 aliphatic carbocycles. The summed E-state index contributed by atoms with van der Waals surface area (Å²) in [5.74, 6) is -0.127. The first kappa shape index (κ1) is 22.9. The van der Waals surface area contributed by atoms with Crippen LogP contribution in [0.25, 0.3) is 0 Å². The first-order valence-corrected chi connectivity index (χ1v) is 9.73. The largest absolute Gasteiger partial charge is 0.496 e. The second-order valence-corrected chi connectivity index (χ2v) is 7.97. The van der Waals surface area contributed by atoms with Crippen molar-refractivity contribution in [1.29, 1.82) is 0 Å². The highest BCUT2D eigenvalue weighted by atomic mass is 16.5. The Labute approximate surface area is 177 Å². The Bertz CT molecular complexity index is 961. The zero-order valence-corrected chi connectivity index (χ0v) is 18.3. The minimum absolute atomic E-state index is 0.368. The van der Waals surface area contributed by atoms with E-state index in [-0.39, 0.29) is 11.8 Å². The predicted octanol–water partition coefficient (Wildman–Crippen LogP) is 3.96. The number of amides is 2. The molecule has 2 amide bonds. The minimum atomic E-state index is -0.688. The molecule has 7 nitrogen and oxygen atoms in total. The molecule has 2 aromatic carbocycles. The molecule has 7 heteroatoms. The van der Waals surface area contributed by atoms with E-state index < -0.39 is 5.54 Å². The maximum absolute atomic E-state index is 13.3. The summed E-state index contributed by atoms with van der Waals surface area (Å²) in [5.41, 5.74) is 5.11. The molecule has 30 heavy (non-hydrogen) atoms. The van der Waals surface area contributed by atoms with Crippen molar-refractivity contribution in [2.45, 2.75) is 46.6 Å². The van der Waals surface area contributed by atoms with Crippen LogP contribution in [0.4, 0.5) is 0 Å². The number of ether oxygens (including phenoxy) is 1. The second-order valence-electron chi connectivity index (χ2n) is 7.97. The lowest BCUT2D eigenvalue weighted by molar-refractivity contribution is 0.0358. The standard InChI is InChI=1S/C23H29N3O4/c1-7-18-19(9-8-10-20(18)30-6)21(27)25-26(23(3,4)5)22(28)17-12-15(2)11-16(13-17)14-24-29/h8-14,29H,7H2,1-6H3,(H,25,27). The summed E-state index contributed by atoms with van der Waals surface area (Å²) in [5, 5.41) is 13.2. The van der Waals surface area contributed by atoms with Crippen LogP contribution in [0, 0.1) is 6.92 Å². The second kappa shape index (κ2) is 9.43. The van der Waals surface area contributed by atoms with E-state index in [9.17, 15) is 9.59 Å². The van der Waals surface area contributed by atoms with Crippen molar-refractivity contribution in [3.05, 3.63) is 64.2 Å². The normalized spacial score (nSPS) is 11.4. The van der Waals surface area contributed by atoms with Gasteiger partial charge in [0, 0.05) is 16.7 Å². The molecule has 0 aromatic heterocycles. The van der Waals surface area contributed by atoms with E-state index in [1.165, 1.54) is 11.2 Å². The molecule has 0 radical (unpaired) electrons. The predicted molar refractivity (Wildman–Crippen MR) is 116 cm³/mol. The molecule has 0 saturated carbocycles. The van der Waals surface area contributed by atoms with Crippen LogP contribution in [0.2, 0.25) is 0 Å². The smallest absolute Gasteiger partial charge is 0.272 e. The van der Waals surface area contributed by atoms with Gasteiger partial charge in [-0.3, -0.25) is 15.0 Å². The van der Waals surface area contributed by atoms with Crippen LogP contribution in [0.3, 0.4) is 0 Å². The summed E-state index contributed by atoms with van der Waals surface area (Å²) in [6, 6.07) is 10.4. The quantitative estimate of drug-likeness (QED) is 0.443. The van der Waals surface area contributed by atoms with Gasteiger partial charge in [0.15, 0.2) is 0 Å². The summed E-state index contributed by atoms with van der Waals surface area (Å²) in [6.45, 7) is 9.30. The number of benzene rings is 2. The van der Waals surface area contributed by atoms with Crippen LogP contribution >= 0.6 is 0 Å². The number of aryl methyl sites for hydroxylation is 1. The van der Waals surface area contributed by atoms with Gasteiger partial charge in [-0.2, -0.15) is 0 Å². The lowest BCUT2D eigenvalue weighted by Crippen LogP contribution is -2.56. The van der Waals surface area contributed by atoms with Crippen molar-refractivity contribution < 1.29 is 19.5 Å².